The Morgan fingerprint density at radius 3 is 2.12 bits per heavy atom. The number of ether oxygens (including phenoxy) is 2. The molecule has 1 aromatic heterocycles. The van der Waals surface area contributed by atoms with Crippen LogP contribution in [0.5, 0.6) is 11.5 Å². The number of piperazine rings is 1. The molecule has 0 bridgehead atoms. The molecular weight excluding hydrogens is 428 g/mol. The van der Waals surface area contributed by atoms with Crippen LogP contribution in [-0.2, 0) is 5.60 Å². The molecule has 3 aromatic rings. The summed E-state index contributed by atoms with van der Waals surface area (Å²) < 4.78 is 17.5. The minimum absolute atomic E-state index is 0.512. The first-order chi connectivity index (χ1) is 16.2. The zero-order chi connectivity index (χ0) is 24.3. The summed E-state index contributed by atoms with van der Waals surface area (Å²) >= 11 is 0. The van der Waals surface area contributed by atoms with Gasteiger partial charge in [-0.15, -0.1) is 0 Å². The quantitative estimate of drug-likeness (QED) is 0.592. The fourth-order valence-corrected chi connectivity index (χ4v) is 5.66. The van der Waals surface area contributed by atoms with E-state index in [1.54, 1.807) is 13.4 Å². The van der Waals surface area contributed by atoms with Crippen LogP contribution in [-0.4, -0.2) is 44.0 Å². The van der Waals surface area contributed by atoms with Crippen molar-refractivity contribution >= 4 is 11.4 Å². The van der Waals surface area contributed by atoms with E-state index in [1.165, 1.54) is 16.9 Å². The van der Waals surface area contributed by atoms with Crippen LogP contribution in [0.1, 0.15) is 41.9 Å². The molecule has 0 amide bonds. The van der Waals surface area contributed by atoms with Gasteiger partial charge in [-0.2, -0.15) is 0 Å². The van der Waals surface area contributed by atoms with Gasteiger partial charge in [0.25, 0.3) is 0 Å². The summed E-state index contributed by atoms with van der Waals surface area (Å²) in [4.78, 5) is 4.86. The van der Waals surface area contributed by atoms with Crippen LogP contribution < -0.4 is 19.3 Å². The summed E-state index contributed by atoms with van der Waals surface area (Å²) in [6.07, 6.45) is 1.61. The van der Waals surface area contributed by atoms with E-state index < -0.39 is 11.2 Å². The topological polar surface area (TPSA) is 58.3 Å². The predicted molar refractivity (Wildman–Crippen MR) is 134 cm³/mol. The van der Waals surface area contributed by atoms with Crippen molar-refractivity contribution in [2.24, 2.45) is 0 Å². The third-order valence-corrected chi connectivity index (χ3v) is 7.72. The van der Waals surface area contributed by atoms with Gasteiger partial charge in [0.2, 0.25) is 0 Å². The molecule has 1 N–H and O–H groups in total. The molecule has 180 valence electrons. The molecule has 1 saturated heterocycles. The second kappa shape index (κ2) is 7.98. The first kappa shape index (κ1) is 22.7. The Hall–Kier alpha value is -3.12. The highest BCUT2D eigenvalue weighted by Gasteiger charge is 2.59. The number of hydrogen-bond acceptors (Lipinski definition) is 6. The van der Waals surface area contributed by atoms with Gasteiger partial charge >= 0.3 is 0 Å². The minimum atomic E-state index is -1.37. The van der Waals surface area contributed by atoms with Gasteiger partial charge in [-0.25, -0.2) is 0 Å². The molecule has 0 spiro atoms. The maximum atomic E-state index is 12.1. The zero-order valence-corrected chi connectivity index (χ0v) is 20.9. The third-order valence-electron chi connectivity index (χ3n) is 7.72. The molecule has 34 heavy (non-hydrogen) atoms. The van der Waals surface area contributed by atoms with Crippen LogP contribution in [0.25, 0.3) is 0 Å². The minimum Gasteiger partial charge on any atom is -0.497 e. The van der Waals surface area contributed by atoms with E-state index in [0.717, 1.165) is 54.4 Å². The number of aliphatic hydroxyl groups is 1. The molecule has 0 saturated carbocycles. The molecule has 3 heterocycles. The van der Waals surface area contributed by atoms with Gasteiger partial charge in [-0.05, 0) is 87.7 Å². The molecule has 1 atom stereocenters. The molecule has 2 aliphatic rings. The molecule has 0 aliphatic carbocycles. The third kappa shape index (κ3) is 3.19. The Bertz CT molecular complexity index is 1190. The Kier molecular flexibility index (Phi) is 5.32. The average Bonchev–Trinajstić information content (AvgIpc) is 3.44. The number of furan rings is 1. The van der Waals surface area contributed by atoms with Gasteiger partial charge in [-0.1, -0.05) is 0 Å². The van der Waals surface area contributed by atoms with Gasteiger partial charge < -0.3 is 28.8 Å². The summed E-state index contributed by atoms with van der Waals surface area (Å²) in [6, 6.07) is 11.9. The maximum Gasteiger partial charge on any atom is 0.190 e. The lowest BCUT2D eigenvalue weighted by atomic mass is 9.76. The largest absolute Gasteiger partial charge is 0.497 e. The standard InChI is InChI=1S/C28H34N2O4/c1-18-19(2)26-24(28(31,27(4,5)34-26)23-8-7-17-33-23)20(3)25(18)30-15-13-29(14-16-30)21-9-11-22(32-6)12-10-21/h7-12,17,31H,13-16H2,1-6H3. The van der Waals surface area contributed by atoms with Crippen molar-refractivity contribution < 1.29 is 19.0 Å². The van der Waals surface area contributed by atoms with Crippen LogP contribution in [0, 0.1) is 20.8 Å². The van der Waals surface area contributed by atoms with E-state index in [1.807, 2.05) is 38.1 Å². The molecule has 1 fully saturated rings. The molecule has 1 unspecified atom stereocenters. The highest BCUT2D eigenvalue weighted by Crippen LogP contribution is 2.56. The summed E-state index contributed by atoms with van der Waals surface area (Å²) in [5.74, 6) is 2.16. The number of nitrogens with zero attached hydrogens (tertiary/aromatic N) is 2. The number of rotatable bonds is 4. The predicted octanol–water partition coefficient (Wildman–Crippen LogP) is 4.95. The lowest BCUT2D eigenvalue weighted by Crippen LogP contribution is -2.48. The van der Waals surface area contributed by atoms with Crippen molar-refractivity contribution in [1.82, 2.24) is 0 Å². The van der Waals surface area contributed by atoms with Gasteiger partial charge in [0.1, 0.15) is 22.9 Å². The van der Waals surface area contributed by atoms with Crippen molar-refractivity contribution in [2.45, 2.75) is 45.8 Å². The van der Waals surface area contributed by atoms with Crippen LogP contribution in [0.15, 0.2) is 47.1 Å². The zero-order valence-electron chi connectivity index (χ0n) is 20.9. The fourth-order valence-electron chi connectivity index (χ4n) is 5.66. The van der Waals surface area contributed by atoms with Crippen molar-refractivity contribution in [2.75, 3.05) is 43.1 Å². The molecule has 6 nitrogen and oxygen atoms in total. The Labute approximate surface area is 201 Å². The normalized spacial score (nSPS) is 21.4. The van der Waals surface area contributed by atoms with E-state index in [-0.39, 0.29) is 0 Å². The Morgan fingerprint density at radius 2 is 1.53 bits per heavy atom. The smallest absolute Gasteiger partial charge is 0.190 e. The van der Waals surface area contributed by atoms with Gasteiger partial charge in [0.05, 0.1) is 13.4 Å². The molecule has 2 aromatic carbocycles. The number of benzene rings is 2. The van der Waals surface area contributed by atoms with E-state index >= 15 is 0 Å². The van der Waals surface area contributed by atoms with Crippen LogP contribution in [0.2, 0.25) is 0 Å². The van der Waals surface area contributed by atoms with Crippen molar-refractivity contribution in [1.29, 1.82) is 0 Å². The summed E-state index contributed by atoms with van der Waals surface area (Å²) in [5, 5.41) is 12.1. The molecule has 2 aliphatic heterocycles. The molecular formula is C28H34N2O4. The van der Waals surface area contributed by atoms with E-state index in [2.05, 4.69) is 42.7 Å². The monoisotopic (exact) mass is 462 g/mol. The number of hydrogen-bond donors (Lipinski definition) is 1. The van der Waals surface area contributed by atoms with Gasteiger partial charge in [-0.3, -0.25) is 0 Å². The van der Waals surface area contributed by atoms with Crippen molar-refractivity contribution in [3.05, 3.63) is 70.7 Å². The second-order valence-electron chi connectivity index (χ2n) is 9.90. The van der Waals surface area contributed by atoms with Gasteiger partial charge in [0.15, 0.2) is 5.60 Å². The number of methoxy groups -OCH3 is 1. The Balaban J connectivity index is 1.51. The van der Waals surface area contributed by atoms with Crippen LogP contribution in [0.3, 0.4) is 0 Å². The Morgan fingerprint density at radius 1 is 0.882 bits per heavy atom. The average molecular weight is 463 g/mol. The first-order valence-electron chi connectivity index (χ1n) is 11.9. The fraction of sp³-hybridized carbons (Fsp3) is 0.429. The van der Waals surface area contributed by atoms with E-state index in [4.69, 9.17) is 13.9 Å². The first-order valence-corrected chi connectivity index (χ1v) is 11.9. The van der Waals surface area contributed by atoms with Crippen LogP contribution in [0.4, 0.5) is 11.4 Å². The van der Waals surface area contributed by atoms with Crippen LogP contribution >= 0.6 is 0 Å². The van der Waals surface area contributed by atoms with Crippen molar-refractivity contribution in [3.63, 3.8) is 0 Å². The highest BCUT2D eigenvalue weighted by atomic mass is 16.5. The molecule has 0 radical (unpaired) electrons. The summed E-state index contributed by atoms with van der Waals surface area (Å²) in [5.41, 5.74) is 4.33. The lowest BCUT2D eigenvalue weighted by molar-refractivity contribution is -0.0769. The highest BCUT2D eigenvalue weighted by molar-refractivity contribution is 5.73. The summed E-state index contributed by atoms with van der Waals surface area (Å²) in [7, 11) is 1.69. The molecule has 5 rings (SSSR count). The van der Waals surface area contributed by atoms with E-state index in [9.17, 15) is 5.11 Å². The number of fused-ring (bicyclic) bond motifs is 1. The molecule has 6 heteroatoms. The summed E-state index contributed by atoms with van der Waals surface area (Å²) in [6.45, 7) is 13.9. The van der Waals surface area contributed by atoms with Gasteiger partial charge in [0, 0.05) is 43.1 Å². The SMILES string of the molecule is COc1ccc(N2CCN(c3c(C)c(C)c4c(c3C)C(O)(c3ccco3)C(C)(C)O4)CC2)cc1. The van der Waals surface area contributed by atoms with E-state index in [0.29, 0.717) is 5.76 Å². The maximum absolute atomic E-state index is 12.1. The van der Waals surface area contributed by atoms with Crippen molar-refractivity contribution in [3.8, 4) is 11.5 Å². The lowest BCUT2D eigenvalue weighted by Gasteiger charge is -2.40. The number of anilines is 2. The second-order valence-corrected chi connectivity index (χ2v) is 9.90.